The van der Waals surface area contributed by atoms with Gasteiger partial charge < -0.3 is 15.4 Å². The van der Waals surface area contributed by atoms with E-state index in [1.54, 1.807) is 7.11 Å². The van der Waals surface area contributed by atoms with Crippen LogP contribution in [0.25, 0.3) is 0 Å². The Morgan fingerprint density at radius 1 is 1.35 bits per heavy atom. The fourth-order valence-electron chi connectivity index (χ4n) is 2.03. The number of nitrogens with two attached hydrogens (primary N) is 1. The summed E-state index contributed by atoms with van der Waals surface area (Å²) in [6.07, 6.45) is 1.46. The van der Waals surface area contributed by atoms with Gasteiger partial charge in [0, 0.05) is 26.3 Å². The molecule has 0 spiro atoms. The molecule has 0 bridgehead atoms. The van der Waals surface area contributed by atoms with Crippen LogP contribution in [0, 0.1) is 0 Å². The van der Waals surface area contributed by atoms with Crippen molar-refractivity contribution in [2.75, 3.05) is 13.7 Å². The Hall–Kier alpha value is -1.39. The van der Waals surface area contributed by atoms with Gasteiger partial charge >= 0.3 is 0 Å². The molecule has 4 nitrogen and oxygen atoms in total. The summed E-state index contributed by atoms with van der Waals surface area (Å²) in [7, 11) is 1.62. The Labute approximate surface area is 121 Å². The van der Waals surface area contributed by atoms with Crippen LogP contribution in [0.15, 0.2) is 30.3 Å². The fourth-order valence-corrected chi connectivity index (χ4v) is 2.03. The van der Waals surface area contributed by atoms with E-state index >= 15 is 0 Å². The van der Waals surface area contributed by atoms with Crippen LogP contribution >= 0.6 is 0 Å². The minimum Gasteiger partial charge on any atom is -0.385 e. The van der Waals surface area contributed by atoms with Crippen LogP contribution in [0.4, 0.5) is 0 Å². The number of carbonyl (C=O) groups is 1. The van der Waals surface area contributed by atoms with E-state index in [2.05, 4.69) is 13.8 Å². The second-order valence-electron chi connectivity index (χ2n) is 5.10. The molecule has 1 amide bonds. The minimum atomic E-state index is -0.493. The Kier molecular flexibility index (Phi) is 7.26. The highest BCUT2D eigenvalue weighted by Crippen LogP contribution is 2.13. The van der Waals surface area contributed by atoms with Crippen molar-refractivity contribution in [2.24, 2.45) is 5.73 Å². The third-order valence-electron chi connectivity index (χ3n) is 3.55. The molecule has 112 valence electrons. The number of nitrogens with zero attached hydrogens (tertiary/aromatic N) is 1. The zero-order chi connectivity index (χ0) is 15.0. The number of rotatable bonds is 8. The molecule has 0 saturated carbocycles. The van der Waals surface area contributed by atoms with Gasteiger partial charge in [-0.2, -0.15) is 0 Å². The van der Waals surface area contributed by atoms with E-state index in [0.29, 0.717) is 19.6 Å². The molecule has 0 aliphatic carbocycles. The predicted molar refractivity (Wildman–Crippen MR) is 81.2 cm³/mol. The Balaban J connectivity index is 2.76. The van der Waals surface area contributed by atoms with Crippen molar-refractivity contribution in [1.29, 1.82) is 0 Å². The van der Waals surface area contributed by atoms with Crippen molar-refractivity contribution in [3.63, 3.8) is 0 Å². The largest absolute Gasteiger partial charge is 0.385 e. The molecule has 1 aromatic carbocycles. The van der Waals surface area contributed by atoms with Crippen molar-refractivity contribution in [3.8, 4) is 0 Å². The molecule has 1 aromatic rings. The van der Waals surface area contributed by atoms with E-state index in [-0.39, 0.29) is 11.9 Å². The first kappa shape index (κ1) is 16.7. The highest BCUT2D eigenvalue weighted by atomic mass is 16.5. The molecule has 2 unspecified atom stereocenters. The summed E-state index contributed by atoms with van der Waals surface area (Å²) in [5.74, 6) is 0.000234. The van der Waals surface area contributed by atoms with Crippen LogP contribution in [-0.4, -0.2) is 36.6 Å². The molecule has 0 radical (unpaired) electrons. The highest BCUT2D eigenvalue weighted by Gasteiger charge is 2.24. The van der Waals surface area contributed by atoms with Crippen LogP contribution in [0.5, 0.6) is 0 Å². The summed E-state index contributed by atoms with van der Waals surface area (Å²) in [6.45, 7) is 5.25. The van der Waals surface area contributed by atoms with Gasteiger partial charge in [-0.25, -0.2) is 0 Å². The van der Waals surface area contributed by atoms with Crippen LogP contribution in [0.2, 0.25) is 0 Å². The number of methoxy groups -OCH3 is 1. The third kappa shape index (κ3) is 4.94. The number of ether oxygens (including phenoxy) is 1. The molecule has 0 heterocycles. The first-order chi connectivity index (χ1) is 9.60. The van der Waals surface area contributed by atoms with E-state index in [1.807, 2.05) is 35.2 Å². The topological polar surface area (TPSA) is 55.6 Å². The second-order valence-corrected chi connectivity index (χ2v) is 5.10. The van der Waals surface area contributed by atoms with Gasteiger partial charge in [0.1, 0.15) is 0 Å². The number of hydrogen-bond donors (Lipinski definition) is 1. The standard InChI is InChI=1S/C16H26N2O2/c1-4-13(2)18(12-14-8-6-5-7-9-14)16(19)15(17)10-11-20-3/h5-9,13,15H,4,10-12,17H2,1-3H3. The zero-order valence-electron chi connectivity index (χ0n) is 12.7. The van der Waals surface area contributed by atoms with Crippen LogP contribution in [-0.2, 0) is 16.1 Å². The summed E-state index contributed by atoms with van der Waals surface area (Å²) in [5.41, 5.74) is 7.10. The second kappa shape index (κ2) is 8.72. The SMILES string of the molecule is CCC(C)N(Cc1ccccc1)C(=O)C(N)CCOC. The molecule has 4 heteroatoms. The Bertz CT molecular complexity index is 395. The lowest BCUT2D eigenvalue weighted by molar-refractivity contribution is -0.135. The molecule has 0 fully saturated rings. The van der Waals surface area contributed by atoms with Gasteiger partial charge in [-0.3, -0.25) is 4.79 Å². The van der Waals surface area contributed by atoms with Crippen LogP contribution < -0.4 is 5.73 Å². The zero-order valence-corrected chi connectivity index (χ0v) is 12.7. The average molecular weight is 278 g/mol. The van der Waals surface area contributed by atoms with Crippen molar-refractivity contribution >= 4 is 5.91 Å². The highest BCUT2D eigenvalue weighted by molar-refractivity contribution is 5.81. The summed E-state index contributed by atoms with van der Waals surface area (Å²) in [4.78, 5) is 14.4. The van der Waals surface area contributed by atoms with Crippen LogP contribution in [0.1, 0.15) is 32.3 Å². The first-order valence-corrected chi connectivity index (χ1v) is 7.19. The third-order valence-corrected chi connectivity index (χ3v) is 3.55. The maximum absolute atomic E-state index is 12.5. The molecule has 2 atom stereocenters. The minimum absolute atomic E-state index is 0.000234. The quantitative estimate of drug-likeness (QED) is 0.793. The maximum atomic E-state index is 12.5. The molecule has 1 rings (SSSR count). The van der Waals surface area contributed by atoms with Crippen molar-refractivity contribution < 1.29 is 9.53 Å². The van der Waals surface area contributed by atoms with Gasteiger partial charge in [0.25, 0.3) is 0 Å². The van der Waals surface area contributed by atoms with Gasteiger partial charge in [-0.1, -0.05) is 37.3 Å². The van der Waals surface area contributed by atoms with Gasteiger partial charge in [-0.05, 0) is 25.3 Å². The van der Waals surface area contributed by atoms with Crippen molar-refractivity contribution in [3.05, 3.63) is 35.9 Å². The molecule has 2 N–H and O–H groups in total. The number of amides is 1. The molecular formula is C16H26N2O2. The van der Waals surface area contributed by atoms with E-state index in [4.69, 9.17) is 10.5 Å². The number of carbonyl (C=O) groups excluding carboxylic acids is 1. The van der Waals surface area contributed by atoms with Gasteiger partial charge in [0.05, 0.1) is 6.04 Å². The lowest BCUT2D eigenvalue weighted by atomic mass is 10.1. The van der Waals surface area contributed by atoms with Crippen molar-refractivity contribution in [2.45, 2.75) is 45.3 Å². The van der Waals surface area contributed by atoms with Gasteiger partial charge in [-0.15, -0.1) is 0 Å². The van der Waals surface area contributed by atoms with E-state index in [1.165, 1.54) is 0 Å². The number of hydrogen-bond acceptors (Lipinski definition) is 3. The first-order valence-electron chi connectivity index (χ1n) is 7.19. The van der Waals surface area contributed by atoms with Crippen molar-refractivity contribution in [1.82, 2.24) is 4.90 Å². The molecule has 0 aromatic heterocycles. The Morgan fingerprint density at radius 3 is 2.55 bits per heavy atom. The fraction of sp³-hybridized carbons (Fsp3) is 0.562. The predicted octanol–water partition coefficient (Wildman–Crippen LogP) is 2.18. The molecular weight excluding hydrogens is 252 g/mol. The van der Waals surface area contributed by atoms with Gasteiger partial charge in [0.15, 0.2) is 0 Å². The summed E-state index contributed by atoms with van der Waals surface area (Å²) >= 11 is 0. The normalized spacial score (nSPS) is 13.8. The van der Waals surface area contributed by atoms with E-state index in [9.17, 15) is 4.79 Å². The van der Waals surface area contributed by atoms with E-state index in [0.717, 1.165) is 12.0 Å². The van der Waals surface area contributed by atoms with Gasteiger partial charge in [0.2, 0.25) is 5.91 Å². The average Bonchev–Trinajstić information content (AvgIpc) is 2.49. The summed E-state index contributed by atoms with van der Waals surface area (Å²) in [6, 6.07) is 9.69. The van der Waals surface area contributed by atoms with Crippen LogP contribution in [0.3, 0.4) is 0 Å². The molecule has 0 aliphatic rings. The lowest BCUT2D eigenvalue weighted by Gasteiger charge is -2.31. The molecule has 0 saturated heterocycles. The summed E-state index contributed by atoms with van der Waals surface area (Å²) in [5, 5.41) is 0. The number of benzene rings is 1. The molecule has 20 heavy (non-hydrogen) atoms. The van der Waals surface area contributed by atoms with E-state index < -0.39 is 6.04 Å². The molecule has 0 aliphatic heterocycles. The lowest BCUT2D eigenvalue weighted by Crippen LogP contribution is -2.47. The smallest absolute Gasteiger partial charge is 0.240 e. The monoisotopic (exact) mass is 278 g/mol. The Morgan fingerprint density at radius 2 is 2.00 bits per heavy atom. The maximum Gasteiger partial charge on any atom is 0.240 e. The summed E-state index contributed by atoms with van der Waals surface area (Å²) < 4.78 is 5.00.